The fourth-order valence-electron chi connectivity index (χ4n) is 3.14. The van der Waals surface area contributed by atoms with Gasteiger partial charge in [0.1, 0.15) is 17.2 Å². The minimum Gasteiger partial charge on any atom is -0.495 e. The van der Waals surface area contributed by atoms with Crippen LogP contribution in [0.2, 0.25) is 0 Å². The summed E-state index contributed by atoms with van der Waals surface area (Å²) in [6, 6.07) is 11.4. The first kappa shape index (κ1) is 20.5. The second kappa shape index (κ2) is 8.13. The highest BCUT2D eigenvalue weighted by Gasteiger charge is 2.31. The first-order valence-corrected chi connectivity index (χ1v) is 9.25. The number of imidazole rings is 1. The van der Waals surface area contributed by atoms with E-state index in [1.165, 1.54) is 18.2 Å². The zero-order chi connectivity index (χ0) is 22.0. The fraction of sp³-hybridized carbons (Fsp3) is 0.190. The Morgan fingerprint density at radius 1 is 1.06 bits per heavy atom. The summed E-state index contributed by atoms with van der Waals surface area (Å²) in [5.41, 5.74) is 3.72. The number of methoxy groups -OCH3 is 1. The van der Waals surface area contributed by atoms with Gasteiger partial charge in [-0.05, 0) is 36.8 Å². The van der Waals surface area contributed by atoms with Crippen molar-refractivity contribution in [2.75, 3.05) is 7.11 Å². The molecule has 2 heterocycles. The van der Waals surface area contributed by atoms with Crippen LogP contribution in [0.4, 0.5) is 13.2 Å². The van der Waals surface area contributed by atoms with Crippen molar-refractivity contribution >= 4 is 0 Å². The lowest BCUT2D eigenvalue weighted by Crippen LogP contribution is -2.17. The van der Waals surface area contributed by atoms with Gasteiger partial charge < -0.3 is 14.0 Å². The smallest absolute Gasteiger partial charge is 0.495 e. The second-order valence-corrected chi connectivity index (χ2v) is 6.81. The van der Waals surface area contributed by atoms with Crippen molar-refractivity contribution in [3.63, 3.8) is 0 Å². The molecule has 0 N–H and O–H groups in total. The maximum absolute atomic E-state index is 12.4. The van der Waals surface area contributed by atoms with Crippen LogP contribution in [0.5, 0.6) is 11.5 Å². The van der Waals surface area contributed by atoms with Crippen molar-refractivity contribution in [1.29, 1.82) is 0 Å². The third-order valence-corrected chi connectivity index (χ3v) is 4.48. The standard InChI is InChI=1S/C21H18F3N5O2/c1-14-10-28(13-25-14)19-7-6-16(9-20(19)30-2)18-12-29(27-26-18)11-15-4-3-5-17(8-15)31-21(22,23)24/h3-10,12-13H,11H2,1-2H3. The highest BCUT2D eigenvalue weighted by molar-refractivity contribution is 5.64. The summed E-state index contributed by atoms with van der Waals surface area (Å²) in [6.45, 7) is 2.15. The molecule has 0 radical (unpaired) electrons. The van der Waals surface area contributed by atoms with Crippen LogP contribution in [-0.4, -0.2) is 38.0 Å². The lowest BCUT2D eigenvalue weighted by molar-refractivity contribution is -0.274. The van der Waals surface area contributed by atoms with Gasteiger partial charge in [-0.2, -0.15) is 0 Å². The van der Waals surface area contributed by atoms with Crippen LogP contribution in [0.1, 0.15) is 11.3 Å². The van der Waals surface area contributed by atoms with Gasteiger partial charge in [-0.3, -0.25) is 0 Å². The van der Waals surface area contributed by atoms with E-state index in [-0.39, 0.29) is 12.3 Å². The number of aryl methyl sites for hydroxylation is 1. The average Bonchev–Trinajstić information content (AvgIpc) is 3.35. The Morgan fingerprint density at radius 2 is 1.90 bits per heavy atom. The average molecular weight is 429 g/mol. The lowest BCUT2D eigenvalue weighted by Gasteiger charge is -2.10. The summed E-state index contributed by atoms with van der Waals surface area (Å²) in [5, 5.41) is 8.25. The Kier molecular flexibility index (Phi) is 5.37. The predicted molar refractivity (Wildman–Crippen MR) is 106 cm³/mol. The summed E-state index contributed by atoms with van der Waals surface area (Å²) in [7, 11) is 1.58. The molecule has 7 nitrogen and oxygen atoms in total. The number of hydrogen-bond acceptors (Lipinski definition) is 5. The van der Waals surface area contributed by atoms with Crippen LogP contribution in [0.15, 0.2) is 61.2 Å². The number of alkyl halides is 3. The van der Waals surface area contributed by atoms with E-state index in [2.05, 4.69) is 20.0 Å². The molecular weight excluding hydrogens is 411 g/mol. The van der Waals surface area contributed by atoms with Gasteiger partial charge in [-0.1, -0.05) is 23.4 Å². The number of rotatable bonds is 6. The Labute approximate surface area is 175 Å². The molecule has 0 atom stereocenters. The van der Waals surface area contributed by atoms with Crippen LogP contribution in [0.3, 0.4) is 0 Å². The van der Waals surface area contributed by atoms with Crippen molar-refractivity contribution in [1.82, 2.24) is 24.5 Å². The van der Waals surface area contributed by atoms with Crippen LogP contribution >= 0.6 is 0 Å². The Balaban J connectivity index is 1.54. The molecule has 4 aromatic rings. The highest BCUT2D eigenvalue weighted by Crippen LogP contribution is 2.29. The molecule has 0 amide bonds. The normalized spacial score (nSPS) is 11.5. The van der Waals surface area contributed by atoms with Crippen molar-refractivity contribution in [2.24, 2.45) is 0 Å². The first-order chi connectivity index (χ1) is 14.8. The van der Waals surface area contributed by atoms with Crippen LogP contribution in [0, 0.1) is 6.92 Å². The van der Waals surface area contributed by atoms with E-state index in [4.69, 9.17) is 4.74 Å². The largest absolute Gasteiger partial charge is 0.573 e. The molecule has 31 heavy (non-hydrogen) atoms. The number of halogens is 3. The molecule has 2 aromatic carbocycles. The molecule has 10 heteroatoms. The van der Waals surface area contributed by atoms with Gasteiger partial charge in [0, 0.05) is 11.8 Å². The molecule has 0 fully saturated rings. The number of hydrogen-bond donors (Lipinski definition) is 0. The summed E-state index contributed by atoms with van der Waals surface area (Å²) >= 11 is 0. The lowest BCUT2D eigenvalue weighted by atomic mass is 10.1. The molecule has 2 aromatic heterocycles. The molecule has 0 bridgehead atoms. The number of ether oxygens (including phenoxy) is 2. The van der Waals surface area contributed by atoms with Crippen molar-refractivity contribution in [2.45, 2.75) is 19.8 Å². The Bertz CT molecular complexity index is 1200. The van der Waals surface area contributed by atoms with E-state index in [1.807, 2.05) is 35.9 Å². The maximum atomic E-state index is 12.4. The number of benzene rings is 2. The molecule has 0 spiro atoms. The van der Waals surface area contributed by atoms with Gasteiger partial charge in [0.2, 0.25) is 0 Å². The Hall–Kier alpha value is -3.82. The summed E-state index contributed by atoms with van der Waals surface area (Å²) in [4.78, 5) is 4.23. The van der Waals surface area contributed by atoms with E-state index >= 15 is 0 Å². The van der Waals surface area contributed by atoms with Gasteiger partial charge in [-0.25, -0.2) is 9.67 Å². The number of aromatic nitrogens is 5. The van der Waals surface area contributed by atoms with E-state index < -0.39 is 6.36 Å². The van der Waals surface area contributed by atoms with Gasteiger partial charge in [0.05, 0.1) is 37.6 Å². The maximum Gasteiger partial charge on any atom is 0.573 e. The Morgan fingerprint density at radius 3 is 2.61 bits per heavy atom. The van der Waals surface area contributed by atoms with Crippen molar-refractivity contribution < 1.29 is 22.6 Å². The molecular formula is C21H18F3N5O2. The topological polar surface area (TPSA) is 67.0 Å². The summed E-state index contributed by atoms with van der Waals surface area (Å²) in [5.74, 6) is 0.363. The van der Waals surface area contributed by atoms with Gasteiger partial charge in [0.25, 0.3) is 0 Å². The van der Waals surface area contributed by atoms with E-state index in [0.717, 1.165) is 16.9 Å². The van der Waals surface area contributed by atoms with Crippen molar-refractivity contribution in [3.8, 4) is 28.4 Å². The second-order valence-electron chi connectivity index (χ2n) is 6.81. The first-order valence-electron chi connectivity index (χ1n) is 9.25. The molecule has 4 rings (SSSR count). The molecule has 0 aliphatic carbocycles. The molecule has 0 unspecified atom stereocenters. The van der Waals surface area contributed by atoms with Crippen LogP contribution < -0.4 is 9.47 Å². The summed E-state index contributed by atoms with van der Waals surface area (Å²) < 4.78 is 50.2. The minimum atomic E-state index is -4.74. The van der Waals surface area contributed by atoms with Gasteiger partial charge in [0.15, 0.2) is 0 Å². The van der Waals surface area contributed by atoms with E-state index in [1.54, 1.807) is 30.4 Å². The van der Waals surface area contributed by atoms with Crippen LogP contribution in [0.25, 0.3) is 16.9 Å². The third kappa shape index (κ3) is 4.85. The predicted octanol–water partition coefficient (Wildman–Crippen LogP) is 4.39. The summed E-state index contributed by atoms with van der Waals surface area (Å²) in [6.07, 6.45) is 0.580. The molecule has 0 saturated carbocycles. The van der Waals surface area contributed by atoms with E-state index in [0.29, 0.717) is 17.0 Å². The van der Waals surface area contributed by atoms with Crippen LogP contribution in [-0.2, 0) is 6.54 Å². The van der Waals surface area contributed by atoms with E-state index in [9.17, 15) is 13.2 Å². The van der Waals surface area contributed by atoms with Crippen molar-refractivity contribution in [3.05, 3.63) is 72.4 Å². The molecule has 0 aliphatic heterocycles. The molecule has 160 valence electrons. The quantitative estimate of drug-likeness (QED) is 0.455. The van der Waals surface area contributed by atoms with Gasteiger partial charge in [-0.15, -0.1) is 18.3 Å². The zero-order valence-electron chi connectivity index (χ0n) is 16.7. The molecule has 0 saturated heterocycles. The minimum absolute atomic E-state index is 0.242. The SMILES string of the molecule is COc1cc(-c2cn(Cc3cccc(OC(F)(F)F)c3)nn2)ccc1-n1cnc(C)c1. The molecule has 0 aliphatic rings. The van der Waals surface area contributed by atoms with Gasteiger partial charge >= 0.3 is 6.36 Å². The monoisotopic (exact) mass is 429 g/mol. The highest BCUT2D eigenvalue weighted by atomic mass is 19.4. The zero-order valence-corrected chi connectivity index (χ0v) is 16.7. The number of nitrogens with zero attached hydrogens (tertiary/aromatic N) is 5. The fourth-order valence-corrected chi connectivity index (χ4v) is 3.14. The third-order valence-electron chi connectivity index (χ3n) is 4.48.